The molecule has 3 unspecified atom stereocenters. The topological polar surface area (TPSA) is 142 Å². The Morgan fingerprint density at radius 1 is 1.20 bits per heavy atom. The third-order valence-corrected chi connectivity index (χ3v) is 3.64. The summed E-state index contributed by atoms with van der Waals surface area (Å²) in [5.74, 6) is -0.313. The third kappa shape index (κ3) is 7.50. The van der Waals surface area contributed by atoms with Crippen LogP contribution >= 0.6 is 0 Å². The van der Waals surface area contributed by atoms with E-state index in [0.717, 1.165) is 0 Å². The van der Waals surface area contributed by atoms with Crippen molar-refractivity contribution in [3.8, 4) is 0 Å². The maximum atomic E-state index is 11.4. The molecule has 25 heavy (non-hydrogen) atoms. The molecule has 0 saturated carbocycles. The van der Waals surface area contributed by atoms with Gasteiger partial charge in [0.05, 0.1) is 39.6 Å². The predicted octanol–water partition coefficient (Wildman–Crippen LogP) is -2.41. The van der Waals surface area contributed by atoms with Gasteiger partial charge in [-0.15, -0.1) is 0 Å². The summed E-state index contributed by atoms with van der Waals surface area (Å²) in [5.41, 5.74) is 5.30. The van der Waals surface area contributed by atoms with Gasteiger partial charge < -0.3 is 44.9 Å². The lowest BCUT2D eigenvalue weighted by Gasteiger charge is -2.43. The van der Waals surface area contributed by atoms with Crippen LogP contribution in [0.25, 0.3) is 0 Å². The second-order valence-corrected chi connectivity index (χ2v) is 5.53. The lowest BCUT2D eigenvalue weighted by Crippen LogP contribution is -2.65. The molecule has 0 aliphatic carbocycles. The van der Waals surface area contributed by atoms with Gasteiger partial charge in [-0.3, -0.25) is 4.79 Å². The number of rotatable bonds is 12. The van der Waals surface area contributed by atoms with Gasteiger partial charge in [0, 0.05) is 20.6 Å². The zero-order chi connectivity index (χ0) is 18.7. The Morgan fingerprint density at radius 2 is 1.84 bits per heavy atom. The van der Waals surface area contributed by atoms with E-state index in [9.17, 15) is 15.0 Å². The smallest absolute Gasteiger partial charge is 0.217 e. The molecule has 0 aromatic rings. The fraction of sp³-hybridized carbons (Fsp3) is 0.933. The van der Waals surface area contributed by atoms with Crippen LogP contribution in [0.5, 0.6) is 0 Å². The molecule has 10 nitrogen and oxygen atoms in total. The molecule has 0 aromatic heterocycles. The first kappa shape index (κ1) is 22.2. The zero-order valence-corrected chi connectivity index (χ0v) is 14.8. The second kappa shape index (κ2) is 12.5. The quantitative estimate of drug-likeness (QED) is 0.278. The minimum absolute atomic E-state index is 0.197. The van der Waals surface area contributed by atoms with Gasteiger partial charge in [-0.25, -0.2) is 0 Å². The van der Waals surface area contributed by atoms with E-state index in [1.165, 1.54) is 14.0 Å². The van der Waals surface area contributed by atoms with Gasteiger partial charge in [-0.2, -0.15) is 0 Å². The molecular formula is C15H30N2O8. The van der Waals surface area contributed by atoms with Crippen LogP contribution in [-0.4, -0.2) is 100 Å². The summed E-state index contributed by atoms with van der Waals surface area (Å²) in [5, 5.41) is 22.2. The highest BCUT2D eigenvalue weighted by atomic mass is 16.7. The molecule has 1 rings (SSSR count). The summed E-state index contributed by atoms with van der Waals surface area (Å²) >= 11 is 0. The van der Waals surface area contributed by atoms with Crippen LogP contribution in [0.1, 0.15) is 6.92 Å². The Morgan fingerprint density at radius 3 is 2.40 bits per heavy atom. The number of aliphatic hydroxyl groups excluding tert-OH is 2. The van der Waals surface area contributed by atoms with Gasteiger partial charge >= 0.3 is 0 Å². The zero-order valence-electron chi connectivity index (χ0n) is 14.8. The van der Waals surface area contributed by atoms with E-state index in [0.29, 0.717) is 33.0 Å². The van der Waals surface area contributed by atoms with E-state index < -0.39 is 37.3 Å². The van der Waals surface area contributed by atoms with Crippen LogP contribution in [0.4, 0.5) is 0 Å². The highest BCUT2D eigenvalue weighted by Gasteiger charge is 2.46. The lowest BCUT2D eigenvalue weighted by atomic mass is 9.96. The molecule has 1 fully saturated rings. The van der Waals surface area contributed by atoms with Crippen molar-refractivity contribution in [1.29, 1.82) is 0 Å². The fourth-order valence-corrected chi connectivity index (χ4v) is 2.51. The monoisotopic (exact) mass is 366 g/mol. The van der Waals surface area contributed by atoms with Crippen molar-refractivity contribution >= 4 is 5.91 Å². The molecule has 0 aromatic carbocycles. The molecule has 148 valence electrons. The molecule has 1 aliphatic rings. The van der Waals surface area contributed by atoms with Crippen molar-refractivity contribution in [2.75, 3.05) is 53.3 Å². The summed E-state index contributed by atoms with van der Waals surface area (Å²) in [7, 11) is 1.41. The Balaban J connectivity index is 2.47. The molecule has 0 bridgehead atoms. The van der Waals surface area contributed by atoms with Gasteiger partial charge in [-0.05, 0) is 0 Å². The predicted molar refractivity (Wildman–Crippen MR) is 86.8 cm³/mol. The standard InChI is InChI=1S/C15H30N2O8/c1-10(19)17-12-14(21-2)13(20)11(9-18)25-15(12)24-8-7-23-6-5-22-4-3-16/h11-15,18,20H,3-9,16H2,1-2H3,(H,17,19)/t11?,12?,13-,14?,15+/m0/s1. The van der Waals surface area contributed by atoms with Gasteiger partial charge in [0.2, 0.25) is 5.91 Å². The van der Waals surface area contributed by atoms with E-state index in [2.05, 4.69) is 5.32 Å². The van der Waals surface area contributed by atoms with Crippen LogP contribution in [0.15, 0.2) is 0 Å². The fourth-order valence-electron chi connectivity index (χ4n) is 2.51. The van der Waals surface area contributed by atoms with Gasteiger partial charge in [0.25, 0.3) is 0 Å². The lowest BCUT2D eigenvalue weighted by molar-refractivity contribution is -0.275. The first-order chi connectivity index (χ1) is 12.0. The molecule has 1 saturated heterocycles. The molecule has 1 amide bonds. The maximum Gasteiger partial charge on any atom is 0.217 e. The van der Waals surface area contributed by atoms with E-state index in [4.69, 9.17) is 29.4 Å². The number of methoxy groups -OCH3 is 1. The molecule has 10 heteroatoms. The van der Waals surface area contributed by atoms with Crippen LogP contribution < -0.4 is 11.1 Å². The average molecular weight is 366 g/mol. The SMILES string of the molecule is COC1C(NC(C)=O)[C@H](OCCOCCOCCN)OC(CO)[C@@H]1O. The molecule has 1 heterocycles. The number of amides is 1. The van der Waals surface area contributed by atoms with Crippen LogP contribution in [0.3, 0.4) is 0 Å². The summed E-state index contributed by atoms with van der Waals surface area (Å²) in [4.78, 5) is 11.4. The van der Waals surface area contributed by atoms with Crippen LogP contribution in [-0.2, 0) is 28.5 Å². The molecular weight excluding hydrogens is 336 g/mol. The number of nitrogens with two attached hydrogens (primary N) is 1. The number of carbonyl (C=O) groups is 1. The molecule has 0 radical (unpaired) electrons. The first-order valence-electron chi connectivity index (χ1n) is 8.26. The number of aliphatic hydroxyl groups is 2. The summed E-state index contributed by atoms with van der Waals surface area (Å²) in [6.45, 7) is 3.23. The minimum Gasteiger partial charge on any atom is -0.394 e. The van der Waals surface area contributed by atoms with Crippen molar-refractivity contribution < 1.29 is 38.7 Å². The van der Waals surface area contributed by atoms with Crippen molar-refractivity contribution in [2.24, 2.45) is 5.73 Å². The number of carbonyl (C=O) groups excluding carboxylic acids is 1. The normalized spacial score (nSPS) is 29.6. The van der Waals surface area contributed by atoms with Crippen molar-refractivity contribution in [2.45, 2.75) is 37.6 Å². The number of nitrogens with one attached hydrogen (secondary N) is 1. The summed E-state index contributed by atoms with van der Waals surface area (Å²) in [6.07, 6.45) is -3.62. The first-order valence-corrected chi connectivity index (χ1v) is 8.26. The van der Waals surface area contributed by atoms with Crippen molar-refractivity contribution in [1.82, 2.24) is 5.32 Å². The highest BCUT2D eigenvalue weighted by molar-refractivity contribution is 5.73. The van der Waals surface area contributed by atoms with Gasteiger partial charge in [0.15, 0.2) is 6.29 Å². The van der Waals surface area contributed by atoms with Crippen LogP contribution in [0, 0.1) is 0 Å². The number of ether oxygens (including phenoxy) is 5. The van der Waals surface area contributed by atoms with E-state index >= 15 is 0 Å². The van der Waals surface area contributed by atoms with Gasteiger partial charge in [0.1, 0.15) is 24.4 Å². The Bertz CT molecular complexity index is 373. The summed E-state index contributed by atoms with van der Waals surface area (Å²) in [6, 6.07) is -0.715. The van der Waals surface area contributed by atoms with E-state index in [1.54, 1.807) is 0 Å². The second-order valence-electron chi connectivity index (χ2n) is 5.53. The number of hydrogen-bond acceptors (Lipinski definition) is 9. The molecule has 0 spiro atoms. The average Bonchev–Trinajstić information content (AvgIpc) is 2.58. The molecule has 5 N–H and O–H groups in total. The molecule has 5 atom stereocenters. The minimum atomic E-state index is -1.09. The Labute approximate surface area is 147 Å². The van der Waals surface area contributed by atoms with E-state index in [-0.39, 0.29) is 12.5 Å². The Hall–Kier alpha value is -0.850. The van der Waals surface area contributed by atoms with E-state index in [1.807, 2.05) is 0 Å². The highest BCUT2D eigenvalue weighted by Crippen LogP contribution is 2.24. The largest absolute Gasteiger partial charge is 0.394 e. The Kier molecular flexibility index (Phi) is 11.1. The molecule has 1 aliphatic heterocycles. The van der Waals surface area contributed by atoms with Gasteiger partial charge in [-0.1, -0.05) is 0 Å². The van der Waals surface area contributed by atoms with Crippen LogP contribution in [0.2, 0.25) is 0 Å². The third-order valence-electron chi connectivity index (χ3n) is 3.64. The maximum absolute atomic E-state index is 11.4. The van der Waals surface area contributed by atoms with Crippen molar-refractivity contribution in [3.05, 3.63) is 0 Å². The van der Waals surface area contributed by atoms with Crippen molar-refractivity contribution in [3.63, 3.8) is 0 Å². The number of hydrogen-bond donors (Lipinski definition) is 4. The summed E-state index contributed by atoms with van der Waals surface area (Å²) < 4.78 is 26.9.